The van der Waals surface area contributed by atoms with Gasteiger partial charge in [-0.25, -0.2) is 0 Å². The van der Waals surface area contributed by atoms with Gasteiger partial charge in [0.05, 0.1) is 12.3 Å². The van der Waals surface area contributed by atoms with Crippen LogP contribution in [0.4, 0.5) is 0 Å². The Balaban J connectivity index is 1.65. The van der Waals surface area contributed by atoms with Crippen LogP contribution in [0.2, 0.25) is 0 Å². The van der Waals surface area contributed by atoms with E-state index in [0.717, 1.165) is 25.3 Å². The summed E-state index contributed by atoms with van der Waals surface area (Å²) < 4.78 is 0. The molecule has 1 aliphatic carbocycles. The molecule has 1 saturated heterocycles. The summed E-state index contributed by atoms with van der Waals surface area (Å²) in [6, 6.07) is 0. The molecule has 0 N–H and O–H groups in total. The third-order valence-corrected chi connectivity index (χ3v) is 6.39. The molecule has 3 aliphatic rings. The highest BCUT2D eigenvalue weighted by molar-refractivity contribution is 8.00. The molecule has 19 heavy (non-hydrogen) atoms. The van der Waals surface area contributed by atoms with Crippen LogP contribution in [0.25, 0.3) is 0 Å². The zero-order valence-corrected chi connectivity index (χ0v) is 12.6. The van der Waals surface area contributed by atoms with Gasteiger partial charge in [0.1, 0.15) is 5.37 Å². The van der Waals surface area contributed by atoms with Gasteiger partial charge in [0.25, 0.3) is 0 Å². The van der Waals surface area contributed by atoms with Crippen LogP contribution in [0.5, 0.6) is 0 Å². The molecule has 106 valence electrons. The molecular formula is C15H24N2OS. The predicted octanol–water partition coefficient (Wildman–Crippen LogP) is 3.30. The fourth-order valence-electron chi connectivity index (χ4n) is 3.69. The Bertz CT molecular complexity index is 365. The SMILES string of the molecule is CCCN1C=NC2SC(C3CCCCC3)CC2C1=O. The first-order valence-corrected chi connectivity index (χ1v) is 8.73. The minimum absolute atomic E-state index is 0.161. The number of nitrogens with zero attached hydrogens (tertiary/aromatic N) is 2. The Morgan fingerprint density at radius 2 is 2.16 bits per heavy atom. The largest absolute Gasteiger partial charge is 0.303 e. The van der Waals surface area contributed by atoms with Crippen molar-refractivity contribution in [1.29, 1.82) is 0 Å². The quantitative estimate of drug-likeness (QED) is 0.794. The normalized spacial score (nSPS) is 35.7. The van der Waals surface area contributed by atoms with Gasteiger partial charge in [-0.3, -0.25) is 9.79 Å². The number of carbonyl (C=O) groups excluding carboxylic acids is 1. The van der Waals surface area contributed by atoms with E-state index < -0.39 is 0 Å². The first-order valence-electron chi connectivity index (χ1n) is 7.79. The second-order valence-corrected chi connectivity index (χ2v) is 7.46. The van der Waals surface area contributed by atoms with Gasteiger partial charge in [0.15, 0.2) is 0 Å². The molecule has 3 unspecified atom stereocenters. The maximum Gasteiger partial charge on any atom is 0.233 e. The van der Waals surface area contributed by atoms with E-state index >= 15 is 0 Å². The lowest BCUT2D eigenvalue weighted by molar-refractivity contribution is -0.132. The summed E-state index contributed by atoms with van der Waals surface area (Å²) in [7, 11) is 0. The number of amides is 1. The fourth-order valence-corrected chi connectivity index (χ4v) is 5.41. The second-order valence-electron chi connectivity index (χ2n) is 6.10. The molecule has 2 fully saturated rings. The lowest BCUT2D eigenvalue weighted by Crippen LogP contribution is -2.41. The summed E-state index contributed by atoms with van der Waals surface area (Å²) in [5, 5.41) is 0.894. The monoisotopic (exact) mass is 280 g/mol. The predicted molar refractivity (Wildman–Crippen MR) is 80.3 cm³/mol. The average Bonchev–Trinajstić information content (AvgIpc) is 2.88. The van der Waals surface area contributed by atoms with E-state index in [1.165, 1.54) is 32.1 Å². The van der Waals surface area contributed by atoms with E-state index in [-0.39, 0.29) is 11.3 Å². The Hall–Kier alpha value is -0.510. The minimum Gasteiger partial charge on any atom is -0.303 e. The minimum atomic E-state index is 0.161. The van der Waals surface area contributed by atoms with Crippen molar-refractivity contribution in [2.24, 2.45) is 16.8 Å². The van der Waals surface area contributed by atoms with E-state index in [2.05, 4.69) is 11.9 Å². The molecule has 0 aromatic heterocycles. The fraction of sp³-hybridized carbons (Fsp3) is 0.867. The maximum atomic E-state index is 12.4. The number of aliphatic imine (C=N–C) groups is 1. The highest BCUT2D eigenvalue weighted by Crippen LogP contribution is 2.47. The molecule has 4 heteroatoms. The van der Waals surface area contributed by atoms with Gasteiger partial charge in [0, 0.05) is 11.8 Å². The zero-order valence-electron chi connectivity index (χ0n) is 11.8. The van der Waals surface area contributed by atoms with Crippen molar-refractivity contribution in [3.8, 4) is 0 Å². The molecule has 1 amide bonds. The van der Waals surface area contributed by atoms with Crippen molar-refractivity contribution in [1.82, 2.24) is 4.90 Å². The highest BCUT2D eigenvalue weighted by Gasteiger charge is 2.45. The third-order valence-electron chi connectivity index (χ3n) is 4.74. The van der Waals surface area contributed by atoms with Gasteiger partial charge in [-0.1, -0.05) is 26.2 Å². The van der Waals surface area contributed by atoms with Crippen LogP contribution >= 0.6 is 11.8 Å². The molecule has 0 aromatic carbocycles. The molecule has 2 aliphatic heterocycles. The number of thioether (sulfide) groups is 1. The first-order chi connectivity index (χ1) is 9.29. The summed E-state index contributed by atoms with van der Waals surface area (Å²) in [6.45, 7) is 2.94. The molecule has 3 nitrogen and oxygen atoms in total. The van der Waals surface area contributed by atoms with Crippen molar-refractivity contribution in [2.45, 2.75) is 62.5 Å². The summed E-state index contributed by atoms with van der Waals surface area (Å²) in [5.41, 5.74) is 0. The van der Waals surface area contributed by atoms with Gasteiger partial charge in [-0.15, -0.1) is 11.8 Å². The molecule has 3 rings (SSSR count). The molecule has 0 aromatic rings. The van der Waals surface area contributed by atoms with Crippen LogP contribution in [0, 0.1) is 11.8 Å². The number of rotatable bonds is 3. The standard InChI is InChI=1S/C15H24N2OS/c1-2-8-17-10-16-14-12(15(17)18)9-13(19-14)11-6-4-3-5-7-11/h10-14H,2-9H2,1H3. The number of fused-ring (bicyclic) bond motifs is 1. The highest BCUT2D eigenvalue weighted by atomic mass is 32.2. The first kappa shape index (κ1) is 13.5. The van der Waals surface area contributed by atoms with Crippen molar-refractivity contribution in [2.75, 3.05) is 6.54 Å². The van der Waals surface area contributed by atoms with E-state index in [9.17, 15) is 4.79 Å². The molecule has 0 radical (unpaired) electrons. The zero-order chi connectivity index (χ0) is 13.2. The number of hydrogen-bond acceptors (Lipinski definition) is 3. The molecule has 2 heterocycles. The molecule has 0 bridgehead atoms. The van der Waals surface area contributed by atoms with Crippen molar-refractivity contribution in [3.63, 3.8) is 0 Å². The average molecular weight is 280 g/mol. The van der Waals surface area contributed by atoms with Gasteiger partial charge in [0.2, 0.25) is 5.91 Å². The summed E-state index contributed by atoms with van der Waals surface area (Å²) in [4.78, 5) is 18.9. The molecule has 0 spiro atoms. The van der Waals surface area contributed by atoms with Crippen LogP contribution in [-0.4, -0.2) is 34.3 Å². The Labute approximate surface area is 120 Å². The Morgan fingerprint density at radius 1 is 1.37 bits per heavy atom. The van der Waals surface area contributed by atoms with Gasteiger partial charge < -0.3 is 4.90 Å². The van der Waals surface area contributed by atoms with E-state index in [0.29, 0.717) is 11.2 Å². The lowest BCUT2D eigenvalue weighted by atomic mass is 9.83. The van der Waals surface area contributed by atoms with Crippen molar-refractivity contribution >= 4 is 24.0 Å². The second kappa shape index (κ2) is 5.86. The molecule has 3 atom stereocenters. The maximum absolute atomic E-state index is 12.4. The van der Waals surface area contributed by atoms with Gasteiger partial charge in [-0.05, 0) is 31.6 Å². The number of hydrogen-bond donors (Lipinski definition) is 0. The van der Waals surface area contributed by atoms with Gasteiger partial charge in [-0.2, -0.15) is 0 Å². The van der Waals surface area contributed by atoms with Crippen LogP contribution in [-0.2, 0) is 4.79 Å². The lowest BCUT2D eigenvalue weighted by Gasteiger charge is -2.27. The van der Waals surface area contributed by atoms with E-state index in [1.807, 2.05) is 16.7 Å². The summed E-state index contributed by atoms with van der Waals surface area (Å²) in [6.07, 6.45) is 10.8. The van der Waals surface area contributed by atoms with Gasteiger partial charge >= 0.3 is 0 Å². The van der Waals surface area contributed by atoms with Crippen molar-refractivity contribution in [3.05, 3.63) is 0 Å². The topological polar surface area (TPSA) is 32.7 Å². The third kappa shape index (κ3) is 2.69. The Kier molecular flexibility index (Phi) is 4.15. The summed E-state index contributed by atoms with van der Waals surface area (Å²) >= 11 is 1.98. The number of carbonyl (C=O) groups is 1. The van der Waals surface area contributed by atoms with Crippen LogP contribution < -0.4 is 0 Å². The van der Waals surface area contributed by atoms with Crippen LogP contribution in [0.1, 0.15) is 51.9 Å². The van der Waals surface area contributed by atoms with E-state index in [4.69, 9.17) is 0 Å². The van der Waals surface area contributed by atoms with Crippen LogP contribution in [0.15, 0.2) is 4.99 Å². The Morgan fingerprint density at radius 3 is 2.89 bits per heavy atom. The van der Waals surface area contributed by atoms with Crippen molar-refractivity contribution < 1.29 is 4.79 Å². The summed E-state index contributed by atoms with van der Waals surface area (Å²) in [5.74, 6) is 1.33. The molecular weight excluding hydrogens is 256 g/mol. The van der Waals surface area contributed by atoms with Crippen LogP contribution in [0.3, 0.4) is 0 Å². The molecule has 1 saturated carbocycles. The van der Waals surface area contributed by atoms with E-state index in [1.54, 1.807) is 6.34 Å². The smallest absolute Gasteiger partial charge is 0.233 e.